The highest BCUT2D eigenvalue weighted by Crippen LogP contribution is 2.32. The van der Waals surface area contributed by atoms with Crippen molar-refractivity contribution in [2.45, 2.75) is 46.8 Å². The van der Waals surface area contributed by atoms with E-state index >= 15 is 0 Å². The summed E-state index contributed by atoms with van der Waals surface area (Å²) in [6.45, 7) is 3.64. The minimum absolute atomic E-state index is 0.681. The molecule has 1 N–H and O–H groups in total. The van der Waals surface area contributed by atoms with Crippen molar-refractivity contribution in [1.29, 1.82) is 0 Å². The predicted molar refractivity (Wildman–Crippen MR) is 143 cm³/mol. The van der Waals surface area contributed by atoms with E-state index in [0.717, 1.165) is 46.0 Å². The van der Waals surface area contributed by atoms with Crippen molar-refractivity contribution in [3.8, 4) is 0 Å². The standard InChI is InChI=1S/C13H16N2S2.C11H12N2OS2/c1-2-6-10(7-3-1)15-17-13-14-11-8-4-5-9-12(11)16-13;1-2-4-10-9(3-1)12-11(15-10)16-13-5-7-14-8-6-13/h4-5,8-10,15H,1-3,6-7H2;1-4H,5-8H2. The van der Waals surface area contributed by atoms with E-state index < -0.39 is 0 Å². The van der Waals surface area contributed by atoms with Crippen LogP contribution in [0.5, 0.6) is 0 Å². The Morgan fingerprint density at radius 1 is 0.818 bits per heavy atom. The van der Waals surface area contributed by atoms with Gasteiger partial charge in [-0.2, -0.15) is 0 Å². The van der Waals surface area contributed by atoms with E-state index in [1.165, 1.54) is 41.5 Å². The maximum atomic E-state index is 5.32. The van der Waals surface area contributed by atoms with Gasteiger partial charge in [-0.25, -0.2) is 14.3 Å². The number of hydrogen-bond acceptors (Lipinski definition) is 9. The molecule has 2 aromatic heterocycles. The number of para-hydroxylation sites is 2. The highest BCUT2D eigenvalue weighted by Gasteiger charge is 2.15. The summed E-state index contributed by atoms with van der Waals surface area (Å²) in [5.41, 5.74) is 2.22. The van der Waals surface area contributed by atoms with Gasteiger partial charge in [-0.05, 0) is 61.0 Å². The molecule has 0 amide bonds. The van der Waals surface area contributed by atoms with Crippen molar-refractivity contribution in [3.05, 3.63) is 48.5 Å². The molecular weight excluding hydrogens is 489 g/mol. The Hall–Kier alpha value is -1.20. The van der Waals surface area contributed by atoms with Crippen molar-refractivity contribution in [2.24, 2.45) is 0 Å². The largest absolute Gasteiger partial charge is 0.379 e. The molecule has 2 aromatic carbocycles. The summed E-state index contributed by atoms with van der Waals surface area (Å²) in [5.74, 6) is 0. The SMILES string of the molecule is c1ccc2sc(SN3CCOCC3)nc2c1.c1ccc2sc(SNC3CCCCC3)nc2c1. The number of morpholine rings is 1. The number of thiazole rings is 2. The molecule has 33 heavy (non-hydrogen) atoms. The minimum Gasteiger partial charge on any atom is -0.379 e. The third-order valence-corrected chi connectivity index (χ3v) is 9.87. The van der Waals surface area contributed by atoms with Gasteiger partial charge in [0.15, 0.2) is 8.68 Å². The van der Waals surface area contributed by atoms with E-state index in [2.05, 4.69) is 55.4 Å². The van der Waals surface area contributed by atoms with Gasteiger partial charge >= 0.3 is 0 Å². The van der Waals surface area contributed by atoms with Gasteiger partial charge in [0.05, 0.1) is 33.6 Å². The molecule has 2 aliphatic rings. The molecule has 5 nitrogen and oxygen atoms in total. The van der Waals surface area contributed by atoms with Crippen LogP contribution in [0.25, 0.3) is 20.4 Å². The molecule has 0 spiro atoms. The Balaban J connectivity index is 0.000000139. The number of aromatic nitrogens is 2. The van der Waals surface area contributed by atoms with Crippen LogP contribution in [0.2, 0.25) is 0 Å². The third kappa shape index (κ3) is 6.69. The van der Waals surface area contributed by atoms with E-state index in [1.807, 2.05) is 12.1 Å². The number of ether oxygens (including phenoxy) is 1. The number of hydrogen-bond donors (Lipinski definition) is 1. The lowest BCUT2D eigenvalue weighted by molar-refractivity contribution is 0.0773. The number of nitrogens with one attached hydrogen (secondary N) is 1. The van der Waals surface area contributed by atoms with Gasteiger partial charge in [-0.1, -0.05) is 43.5 Å². The Morgan fingerprint density at radius 2 is 1.42 bits per heavy atom. The molecule has 1 saturated heterocycles. The second-order valence-electron chi connectivity index (χ2n) is 8.08. The topological polar surface area (TPSA) is 50.3 Å². The smallest absolute Gasteiger partial charge is 0.166 e. The first-order chi connectivity index (χ1) is 16.3. The molecule has 6 rings (SSSR count). The predicted octanol–water partition coefficient (Wildman–Crippen LogP) is 6.86. The number of nitrogens with zero attached hydrogens (tertiary/aromatic N) is 3. The van der Waals surface area contributed by atoms with Gasteiger partial charge in [0, 0.05) is 19.1 Å². The van der Waals surface area contributed by atoms with Crippen LogP contribution in [0.1, 0.15) is 32.1 Å². The molecule has 1 saturated carbocycles. The Bertz CT molecular complexity index is 1090. The molecule has 4 aromatic rings. The van der Waals surface area contributed by atoms with Crippen LogP contribution in [-0.2, 0) is 4.74 Å². The lowest BCUT2D eigenvalue weighted by Gasteiger charge is -2.23. The third-order valence-electron chi connectivity index (χ3n) is 5.64. The van der Waals surface area contributed by atoms with Crippen LogP contribution < -0.4 is 4.72 Å². The van der Waals surface area contributed by atoms with Crippen molar-refractivity contribution in [3.63, 3.8) is 0 Å². The summed E-state index contributed by atoms with van der Waals surface area (Å²) in [6, 6.07) is 17.3. The fourth-order valence-corrected chi connectivity index (χ4v) is 7.94. The van der Waals surface area contributed by atoms with Crippen molar-refractivity contribution < 1.29 is 4.74 Å². The van der Waals surface area contributed by atoms with Gasteiger partial charge in [0.25, 0.3) is 0 Å². The first-order valence-electron chi connectivity index (χ1n) is 11.5. The highest BCUT2D eigenvalue weighted by molar-refractivity contribution is 7.99. The van der Waals surface area contributed by atoms with Gasteiger partial charge < -0.3 is 4.74 Å². The van der Waals surface area contributed by atoms with E-state index in [-0.39, 0.29) is 0 Å². The van der Waals surface area contributed by atoms with Crippen LogP contribution >= 0.6 is 46.6 Å². The molecule has 0 unspecified atom stereocenters. The number of benzene rings is 2. The monoisotopic (exact) mass is 516 g/mol. The van der Waals surface area contributed by atoms with Crippen LogP contribution in [0.15, 0.2) is 57.2 Å². The molecule has 174 valence electrons. The molecule has 2 fully saturated rings. The van der Waals surface area contributed by atoms with Crippen LogP contribution in [0.4, 0.5) is 0 Å². The molecule has 0 radical (unpaired) electrons. The zero-order valence-electron chi connectivity index (χ0n) is 18.4. The summed E-state index contributed by atoms with van der Waals surface area (Å²) in [7, 11) is 0. The summed E-state index contributed by atoms with van der Waals surface area (Å²) < 4.78 is 16.0. The van der Waals surface area contributed by atoms with Crippen molar-refractivity contribution in [2.75, 3.05) is 26.3 Å². The van der Waals surface area contributed by atoms with Gasteiger partial charge in [0.1, 0.15) is 0 Å². The summed E-state index contributed by atoms with van der Waals surface area (Å²) in [6.07, 6.45) is 6.79. The summed E-state index contributed by atoms with van der Waals surface area (Å²) in [4.78, 5) is 9.22. The lowest BCUT2D eigenvalue weighted by Crippen LogP contribution is -2.30. The molecule has 1 aliphatic heterocycles. The minimum atomic E-state index is 0.681. The molecule has 9 heteroatoms. The quantitative estimate of drug-likeness (QED) is 0.291. The Labute approximate surface area is 211 Å². The summed E-state index contributed by atoms with van der Waals surface area (Å²) >= 11 is 7.00. The fourth-order valence-electron chi connectivity index (χ4n) is 3.89. The Morgan fingerprint density at radius 3 is 2.09 bits per heavy atom. The first-order valence-corrected chi connectivity index (χ1v) is 14.7. The average molecular weight is 517 g/mol. The van der Waals surface area contributed by atoms with E-state index in [4.69, 9.17) is 4.74 Å². The second-order valence-corrected chi connectivity index (χ2v) is 12.6. The van der Waals surface area contributed by atoms with Gasteiger partial charge in [-0.3, -0.25) is 4.72 Å². The van der Waals surface area contributed by atoms with Crippen LogP contribution in [-0.4, -0.2) is 46.6 Å². The van der Waals surface area contributed by atoms with Crippen molar-refractivity contribution >= 4 is 67.0 Å². The number of rotatable bonds is 5. The first kappa shape index (κ1) is 23.5. The van der Waals surface area contributed by atoms with Crippen molar-refractivity contribution in [1.82, 2.24) is 19.0 Å². The fraction of sp³-hybridized carbons (Fsp3) is 0.417. The molecule has 0 atom stereocenters. The van der Waals surface area contributed by atoms with E-state index in [0.29, 0.717) is 6.04 Å². The van der Waals surface area contributed by atoms with Gasteiger partial charge in [-0.15, -0.1) is 22.7 Å². The molecule has 0 bridgehead atoms. The zero-order chi connectivity index (χ0) is 22.3. The normalized spacial score (nSPS) is 17.8. The maximum Gasteiger partial charge on any atom is 0.166 e. The Kier molecular flexibility index (Phi) is 8.54. The van der Waals surface area contributed by atoms with Crippen LogP contribution in [0.3, 0.4) is 0 Å². The molecule has 3 heterocycles. The number of fused-ring (bicyclic) bond motifs is 2. The van der Waals surface area contributed by atoms with Gasteiger partial charge in [0.2, 0.25) is 0 Å². The summed E-state index contributed by atoms with van der Waals surface area (Å²) in [5, 5.41) is 0. The highest BCUT2D eigenvalue weighted by atomic mass is 32.2. The average Bonchev–Trinajstić information content (AvgIpc) is 3.47. The second kappa shape index (κ2) is 12.0. The van der Waals surface area contributed by atoms with E-state index in [1.54, 1.807) is 46.6 Å². The lowest BCUT2D eigenvalue weighted by atomic mass is 9.96. The molecular formula is C24H28N4OS4. The van der Waals surface area contributed by atoms with Crippen LogP contribution in [0, 0.1) is 0 Å². The van der Waals surface area contributed by atoms with E-state index in [9.17, 15) is 0 Å². The zero-order valence-corrected chi connectivity index (χ0v) is 21.7. The molecule has 1 aliphatic carbocycles. The maximum absolute atomic E-state index is 5.32.